The number of nitrogen functional groups attached to an aromatic ring is 2. The highest BCUT2D eigenvalue weighted by Crippen LogP contribution is 2.52. The Morgan fingerprint density at radius 2 is 1.18 bits per heavy atom. The summed E-state index contributed by atoms with van der Waals surface area (Å²) in [5, 5.41) is 44.2. The van der Waals surface area contributed by atoms with Gasteiger partial charge in [0.25, 0.3) is 11.1 Å². The van der Waals surface area contributed by atoms with Gasteiger partial charge in [0.1, 0.15) is 66.8 Å². The first kappa shape index (κ1) is 47.7. The molecule has 8 rings (SSSR count). The lowest BCUT2D eigenvalue weighted by Crippen LogP contribution is -2.39. The van der Waals surface area contributed by atoms with Gasteiger partial charge in [-0.15, -0.1) is 0 Å². The Bertz CT molecular complexity index is 2940. The van der Waals surface area contributed by atoms with Crippen molar-refractivity contribution in [3.63, 3.8) is 0 Å². The van der Waals surface area contributed by atoms with Gasteiger partial charge < -0.3 is 65.7 Å². The van der Waals surface area contributed by atoms with Gasteiger partial charge in [-0.3, -0.25) is 55.9 Å². The van der Waals surface area contributed by atoms with Crippen molar-refractivity contribution in [2.24, 2.45) is 0 Å². The molecule has 5 aromatic rings. The molecule has 360 valence electrons. The molecule has 0 saturated carbocycles. The SMILES string of the molecule is Nc1nc2c(ncn2[C@@H]2O[C@H](COP(=O)(O)O[C@H]3[C@@H](O)[C@H](n4ccc(=O)[nH]c4=O)O[C@@H]3COP(=O)(O)O)[C@@H](OP(=O)(O)OC[C@H]3O[C@@H](n4cnc5c(N)ncnc54)[C@H](O)[C@@H]3O)[C@H]2O)c(=O)[nH]1. The summed E-state index contributed by atoms with van der Waals surface area (Å²) >= 11 is 0. The van der Waals surface area contributed by atoms with Crippen molar-refractivity contribution < 1.29 is 90.5 Å². The monoisotopic (exact) mass is 998 g/mol. The van der Waals surface area contributed by atoms with E-state index >= 15 is 0 Å². The van der Waals surface area contributed by atoms with Gasteiger partial charge in [0.15, 0.2) is 41.3 Å². The fraction of sp³-hybridized carbons (Fsp3) is 0.517. The smallest absolute Gasteiger partial charge is 0.387 e. The topological polar surface area (TPSA) is 501 Å². The van der Waals surface area contributed by atoms with Crippen LogP contribution in [0, 0.1) is 0 Å². The van der Waals surface area contributed by atoms with Crippen LogP contribution < -0.4 is 28.3 Å². The number of rotatable bonds is 16. The summed E-state index contributed by atoms with van der Waals surface area (Å²) in [6.45, 7) is -3.27. The molecule has 0 bridgehead atoms. The molecule has 3 fully saturated rings. The highest BCUT2D eigenvalue weighted by Gasteiger charge is 2.53. The van der Waals surface area contributed by atoms with Crippen molar-refractivity contribution >= 4 is 57.6 Å². The maximum Gasteiger partial charge on any atom is 0.472 e. The van der Waals surface area contributed by atoms with Gasteiger partial charge in [0.2, 0.25) is 5.95 Å². The number of hydrogen-bond donors (Lipinski definition) is 12. The van der Waals surface area contributed by atoms with Crippen molar-refractivity contribution in [2.75, 3.05) is 31.3 Å². The van der Waals surface area contributed by atoms with Gasteiger partial charge in [-0.2, -0.15) is 4.98 Å². The Labute approximate surface area is 363 Å². The molecule has 66 heavy (non-hydrogen) atoms. The van der Waals surface area contributed by atoms with Crippen molar-refractivity contribution in [3.8, 4) is 0 Å². The minimum absolute atomic E-state index is 0.00270. The van der Waals surface area contributed by atoms with Crippen molar-refractivity contribution in [3.05, 3.63) is 62.4 Å². The maximum absolute atomic E-state index is 13.5. The van der Waals surface area contributed by atoms with Gasteiger partial charge in [-0.25, -0.2) is 38.4 Å². The lowest BCUT2D eigenvalue weighted by Gasteiger charge is -2.26. The minimum Gasteiger partial charge on any atom is -0.387 e. The number of phosphoric acid groups is 3. The number of aromatic amines is 2. The second-order valence-corrected chi connectivity index (χ2v) is 18.5. The summed E-state index contributed by atoms with van der Waals surface area (Å²) in [7, 11) is -16.3. The van der Waals surface area contributed by atoms with E-state index in [1.54, 1.807) is 0 Å². The Morgan fingerprint density at radius 3 is 1.79 bits per heavy atom. The second-order valence-electron chi connectivity index (χ2n) is 14.5. The molecule has 3 saturated heterocycles. The Hall–Kier alpha value is -4.77. The summed E-state index contributed by atoms with van der Waals surface area (Å²) in [6, 6.07) is 0.851. The maximum atomic E-state index is 13.5. The predicted octanol–water partition coefficient (Wildman–Crippen LogP) is -5.08. The molecule has 2 unspecified atom stereocenters. The number of phosphoric ester groups is 3. The lowest BCUT2D eigenvalue weighted by molar-refractivity contribution is -0.0618. The van der Waals surface area contributed by atoms with Crippen molar-refractivity contribution in [2.45, 2.75) is 73.6 Å². The van der Waals surface area contributed by atoms with Crippen LogP contribution in [0.1, 0.15) is 18.7 Å². The van der Waals surface area contributed by atoms with Crippen LogP contribution in [-0.4, -0.2) is 163 Å². The van der Waals surface area contributed by atoms with Crippen LogP contribution >= 0.6 is 23.5 Å². The molecule has 3 aliphatic heterocycles. The highest BCUT2D eigenvalue weighted by atomic mass is 31.2. The largest absolute Gasteiger partial charge is 0.472 e. The molecule has 0 amide bonds. The zero-order valence-electron chi connectivity index (χ0n) is 32.8. The fourth-order valence-electron chi connectivity index (χ4n) is 7.21. The molecule has 3 aliphatic rings. The van der Waals surface area contributed by atoms with Crippen LogP contribution in [0.15, 0.2) is 45.6 Å². The number of aliphatic hydroxyl groups is 4. The summed E-state index contributed by atoms with van der Waals surface area (Å²) < 4.78 is 83.4. The standard InChI is InChI=1S/C29H37N12O22P3/c30-21-13-22(33-6-32-21)40(7-34-13)25-16(44)15(43)9(59-25)3-57-65(52,53)63-20-11(61-27(18(20)46)41-8-35-14-23(41)37-28(31)38-24(14)47)5-58-66(54,55)62-19-10(4-56-64(49,50)51)60-26(17(19)45)39-2-1-12(42)36-29(39)48/h1-2,6-11,15-20,25-27,43-46H,3-5H2,(H,52,53)(H,54,55)(H2,30,32,33)(H,36,42,48)(H2,49,50,51)(H3,31,37,38,47)/t9-,10-,11-,15-,16-,17-,18-,19-,20-,25-,26-,27-/m1/s1. The van der Waals surface area contributed by atoms with Crippen LogP contribution in [0.3, 0.4) is 0 Å². The molecule has 37 heteroatoms. The molecule has 8 heterocycles. The number of aliphatic hydroxyl groups excluding tert-OH is 4. The molecule has 0 aromatic carbocycles. The number of nitrogens with one attached hydrogen (secondary N) is 2. The third kappa shape index (κ3) is 9.65. The molecule has 0 radical (unpaired) electrons. The van der Waals surface area contributed by atoms with Gasteiger partial charge in [0.05, 0.1) is 32.5 Å². The summed E-state index contributed by atoms with van der Waals surface area (Å²) in [5.41, 5.74) is 8.36. The average Bonchev–Trinajstić information content (AvgIpc) is 4.04. The van der Waals surface area contributed by atoms with E-state index < -0.39 is 140 Å². The van der Waals surface area contributed by atoms with E-state index in [0.29, 0.717) is 4.57 Å². The second kappa shape index (κ2) is 18.0. The van der Waals surface area contributed by atoms with Crippen molar-refractivity contribution in [1.29, 1.82) is 0 Å². The number of ether oxygens (including phenoxy) is 3. The van der Waals surface area contributed by atoms with E-state index in [9.17, 15) is 68.1 Å². The van der Waals surface area contributed by atoms with Crippen LogP contribution in [0.25, 0.3) is 22.3 Å². The summed E-state index contributed by atoms with van der Waals surface area (Å²) in [4.78, 5) is 101. The lowest BCUT2D eigenvalue weighted by atomic mass is 10.1. The van der Waals surface area contributed by atoms with E-state index in [0.717, 1.165) is 29.5 Å². The highest BCUT2D eigenvalue weighted by molar-refractivity contribution is 7.47. The van der Waals surface area contributed by atoms with Crippen molar-refractivity contribution in [1.82, 2.24) is 48.6 Å². The number of H-pyrrole nitrogens is 2. The first-order chi connectivity index (χ1) is 31.0. The number of anilines is 2. The zero-order valence-corrected chi connectivity index (χ0v) is 35.5. The van der Waals surface area contributed by atoms with Gasteiger partial charge in [-0.1, -0.05) is 0 Å². The number of aromatic nitrogens is 10. The Morgan fingerprint density at radius 1 is 0.652 bits per heavy atom. The predicted molar refractivity (Wildman–Crippen MR) is 209 cm³/mol. The third-order valence-electron chi connectivity index (χ3n) is 10.2. The van der Waals surface area contributed by atoms with Crippen LogP contribution in [0.2, 0.25) is 0 Å². The van der Waals surface area contributed by atoms with E-state index in [4.69, 9.17) is 43.8 Å². The molecular formula is C29H37N12O22P3. The minimum atomic E-state index is -5.58. The summed E-state index contributed by atoms with van der Waals surface area (Å²) in [5.74, 6) is -0.407. The fourth-order valence-corrected chi connectivity index (χ4v) is 9.48. The first-order valence-electron chi connectivity index (χ1n) is 18.7. The van der Waals surface area contributed by atoms with Crippen LogP contribution in [-0.2, 0) is 50.5 Å². The number of fused-ring (bicyclic) bond motifs is 2. The van der Waals surface area contributed by atoms with E-state index in [1.165, 1.54) is 10.9 Å². The van der Waals surface area contributed by atoms with Crippen LogP contribution in [0.4, 0.5) is 11.8 Å². The molecule has 0 aliphatic carbocycles. The average molecular weight is 999 g/mol. The molecule has 14 atom stereocenters. The van der Waals surface area contributed by atoms with Gasteiger partial charge in [0, 0.05) is 12.3 Å². The molecular weight excluding hydrogens is 961 g/mol. The summed E-state index contributed by atoms with van der Waals surface area (Å²) in [6.07, 6.45) is -17.9. The third-order valence-corrected chi connectivity index (χ3v) is 12.6. The van der Waals surface area contributed by atoms with E-state index in [1.807, 2.05) is 4.98 Å². The normalized spacial score (nSPS) is 31.2. The first-order valence-corrected chi connectivity index (χ1v) is 23.2. The molecule has 0 spiro atoms. The van der Waals surface area contributed by atoms with Gasteiger partial charge >= 0.3 is 29.2 Å². The number of imidazole rings is 2. The molecule has 34 nitrogen and oxygen atoms in total. The van der Waals surface area contributed by atoms with E-state index in [-0.39, 0.29) is 28.1 Å². The molecule has 14 N–H and O–H groups in total. The Balaban J connectivity index is 1.01. The quantitative estimate of drug-likeness (QED) is 0.0412. The van der Waals surface area contributed by atoms with Crippen LogP contribution in [0.5, 0.6) is 0 Å². The molecule has 5 aromatic heterocycles. The van der Waals surface area contributed by atoms with Gasteiger partial charge in [-0.05, 0) is 0 Å². The number of nitrogens with two attached hydrogens (primary N) is 2. The number of hydrogen-bond acceptors (Lipinski definition) is 25. The zero-order chi connectivity index (χ0) is 47.6. The Kier molecular flexibility index (Phi) is 13.0. The van der Waals surface area contributed by atoms with E-state index in [2.05, 4.69) is 34.4 Å². The number of nitrogens with zero attached hydrogens (tertiary/aromatic N) is 8.